The molecule has 23 heavy (non-hydrogen) atoms. The molecule has 1 aliphatic rings. The van der Waals surface area contributed by atoms with E-state index in [2.05, 4.69) is 10.3 Å². The van der Waals surface area contributed by atoms with E-state index in [-0.39, 0.29) is 0 Å². The number of anilines is 1. The predicted octanol–water partition coefficient (Wildman–Crippen LogP) is 2.08. The van der Waals surface area contributed by atoms with Gasteiger partial charge in [-0.15, -0.1) is 0 Å². The monoisotopic (exact) mass is 320 g/mol. The van der Waals surface area contributed by atoms with Gasteiger partial charge in [0, 0.05) is 17.7 Å². The quantitative estimate of drug-likeness (QED) is 0.700. The minimum absolute atomic E-state index is 0.498. The number of aliphatic hydroxyl groups is 1. The van der Waals surface area contributed by atoms with Crippen molar-refractivity contribution in [3.63, 3.8) is 0 Å². The number of pyridine rings is 1. The zero-order valence-corrected chi connectivity index (χ0v) is 14.7. The lowest BCUT2D eigenvalue weighted by molar-refractivity contribution is -0.0982. The summed E-state index contributed by atoms with van der Waals surface area (Å²) in [5.74, 6) is 0.828. The highest BCUT2D eigenvalue weighted by Crippen LogP contribution is 2.25. The van der Waals surface area contributed by atoms with Crippen LogP contribution >= 0.6 is 0 Å². The highest BCUT2D eigenvalue weighted by atomic mass is 16.5. The number of nitrogens with zero attached hydrogens (tertiary/aromatic N) is 1. The van der Waals surface area contributed by atoms with E-state index >= 15 is 0 Å². The molecule has 128 valence electrons. The first-order chi connectivity index (χ1) is 10.7. The van der Waals surface area contributed by atoms with Crippen LogP contribution in [0.2, 0.25) is 0 Å². The van der Waals surface area contributed by atoms with Crippen molar-refractivity contribution in [2.75, 3.05) is 5.32 Å². The highest BCUT2D eigenvalue weighted by molar-refractivity contribution is 6.60. The van der Waals surface area contributed by atoms with Crippen molar-refractivity contribution in [2.24, 2.45) is 0 Å². The van der Waals surface area contributed by atoms with Gasteiger partial charge in [0.1, 0.15) is 5.82 Å². The third-order valence-corrected chi connectivity index (χ3v) is 4.91. The molecule has 1 aromatic rings. The van der Waals surface area contributed by atoms with E-state index in [1.165, 1.54) is 32.1 Å². The van der Waals surface area contributed by atoms with E-state index in [4.69, 9.17) is 4.65 Å². The molecule has 0 saturated heterocycles. The minimum atomic E-state index is -1.12. The molecule has 0 radical (unpaired) electrons. The van der Waals surface area contributed by atoms with E-state index in [1.807, 2.05) is 12.1 Å². The van der Waals surface area contributed by atoms with Crippen LogP contribution in [0.5, 0.6) is 0 Å². The zero-order valence-electron chi connectivity index (χ0n) is 14.7. The molecule has 1 fully saturated rings. The van der Waals surface area contributed by atoms with Gasteiger partial charge < -0.3 is 20.1 Å². The maximum absolute atomic E-state index is 10.2. The number of nitrogens with one attached hydrogen (secondary N) is 1. The van der Waals surface area contributed by atoms with Crippen molar-refractivity contribution in [1.29, 1.82) is 0 Å². The Labute approximate surface area is 139 Å². The summed E-state index contributed by atoms with van der Waals surface area (Å²) >= 11 is 0. The summed E-state index contributed by atoms with van der Waals surface area (Å²) in [6, 6.07) is 4.18. The van der Waals surface area contributed by atoms with E-state index in [0.29, 0.717) is 11.5 Å². The van der Waals surface area contributed by atoms with E-state index in [9.17, 15) is 10.1 Å². The smallest absolute Gasteiger partial charge is 0.423 e. The average molecular weight is 320 g/mol. The molecule has 0 aromatic carbocycles. The molecule has 5 nitrogen and oxygen atoms in total. The molecule has 0 bridgehead atoms. The molecular weight excluding hydrogens is 291 g/mol. The van der Waals surface area contributed by atoms with Crippen LogP contribution in [0.15, 0.2) is 18.3 Å². The molecule has 0 atom stereocenters. The summed E-state index contributed by atoms with van der Waals surface area (Å²) in [6.45, 7) is 6.83. The Morgan fingerprint density at radius 3 is 2.35 bits per heavy atom. The largest absolute Gasteiger partial charge is 0.493 e. The average Bonchev–Trinajstić information content (AvgIpc) is 2.47. The Kier molecular flexibility index (Phi) is 5.71. The first kappa shape index (κ1) is 18.2. The maximum Gasteiger partial charge on any atom is 0.493 e. The van der Waals surface area contributed by atoms with Crippen LogP contribution < -0.4 is 10.8 Å². The van der Waals surface area contributed by atoms with Crippen LogP contribution in [0, 0.1) is 0 Å². The van der Waals surface area contributed by atoms with Crippen LogP contribution in [-0.4, -0.2) is 39.5 Å². The Morgan fingerprint density at radius 1 is 1.17 bits per heavy atom. The van der Waals surface area contributed by atoms with Crippen LogP contribution in [0.1, 0.15) is 59.8 Å². The van der Waals surface area contributed by atoms with Crippen LogP contribution in [0.3, 0.4) is 0 Å². The van der Waals surface area contributed by atoms with E-state index in [1.54, 1.807) is 33.9 Å². The van der Waals surface area contributed by atoms with E-state index < -0.39 is 18.3 Å². The van der Waals surface area contributed by atoms with Crippen LogP contribution in [0.25, 0.3) is 0 Å². The summed E-state index contributed by atoms with van der Waals surface area (Å²) < 4.78 is 5.62. The van der Waals surface area contributed by atoms with Gasteiger partial charge in [0.25, 0.3) is 0 Å². The molecule has 1 heterocycles. The molecule has 1 saturated carbocycles. The number of aromatic nitrogens is 1. The first-order valence-electron chi connectivity index (χ1n) is 8.50. The summed E-state index contributed by atoms with van der Waals surface area (Å²) in [6.07, 6.45) is 7.87. The predicted molar refractivity (Wildman–Crippen MR) is 93.8 cm³/mol. The van der Waals surface area contributed by atoms with Gasteiger partial charge in [0.2, 0.25) is 0 Å². The summed E-state index contributed by atoms with van der Waals surface area (Å²) in [7, 11) is -1.12. The molecule has 0 spiro atoms. The lowest BCUT2D eigenvalue weighted by Crippen LogP contribution is -2.53. The Morgan fingerprint density at radius 2 is 1.83 bits per heavy atom. The molecule has 6 heteroatoms. The van der Waals surface area contributed by atoms with Crippen molar-refractivity contribution in [3.8, 4) is 0 Å². The molecule has 0 aliphatic heterocycles. The zero-order chi connectivity index (χ0) is 17.1. The van der Waals surface area contributed by atoms with Crippen molar-refractivity contribution < 1.29 is 14.8 Å². The Hall–Kier alpha value is -1.11. The van der Waals surface area contributed by atoms with Crippen molar-refractivity contribution in [1.82, 2.24) is 4.98 Å². The second-order valence-electron chi connectivity index (χ2n) is 7.50. The molecule has 0 amide bonds. The number of hydrogen-bond donors (Lipinski definition) is 3. The summed E-state index contributed by atoms with van der Waals surface area (Å²) in [5.41, 5.74) is -1.37. The fourth-order valence-corrected chi connectivity index (χ4v) is 2.58. The van der Waals surface area contributed by atoms with Crippen molar-refractivity contribution in [3.05, 3.63) is 18.3 Å². The molecule has 1 aliphatic carbocycles. The molecule has 2 rings (SSSR count). The van der Waals surface area contributed by atoms with Gasteiger partial charge in [-0.3, -0.25) is 0 Å². The fraction of sp³-hybridized carbons (Fsp3) is 0.706. The van der Waals surface area contributed by atoms with Crippen molar-refractivity contribution in [2.45, 2.75) is 77.0 Å². The number of rotatable bonds is 6. The van der Waals surface area contributed by atoms with Gasteiger partial charge in [-0.2, -0.15) is 0 Å². The third kappa shape index (κ3) is 4.93. The second-order valence-corrected chi connectivity index (χ2v) is 7.50. The van der Waals surface area contributed by atoms with Gasteiger partial charge in [-0.1, -0.05) is 25.3 Å². The summed E-state index contributed by atoms with van der Waals surface area (Å²) in [4.78, 5) is 4.37. The van der Waals surface area contributed by atoms with Crippen LogP contribution in [-0.2, 0) is 4.65 Å². The normalized spacial score (nSPS) is 17.1. The lowest BCUT2D eigenvalue weighted by atomic mass is 9.77. The standard InChI is InChI=1S/C17H29BN2O3/c1-16(2,21)17(3,4)23-18(22)13-10-11-15(19-12-13)20-14-8-6-5-7-9-14/h10-12,14,21-22H,5-9H2,1-4H3,(H,19,20). The maximum atomic E-state index is 10.2. The Bertz CT molecular complexity index is 494. The molecule has 0 unspecified atom stereocenters. The molecule has 1 aromatic heterocycles. The highest BCUT2D eigenvalue weighted by Gasteiger charge is 2.39. The van der Waals surface area contributed by atoms with Gasteiger partial charge in [-0.25, -0.2) is 4.98 Å². The lowest BCUT2D eigenvalue weighted by Gasteiger charge is -2.38. The number of hydrogen-bond acceptors (Lipinski definition) is 5. The first-order valence-corrected chi connectivity index (χ1v) is 8.50. The van der Waals surface area contributed by atoms with Gasteiger partial charge in [0.15, 0.2) is 0 Å². The van der Waals surface area contributed by atoms with Gasteiger partial charge in [0.05, 0.1) is 11.2 Å². The molecule has 3 N–H and O–H groups in total. The molecular formula is C17H29BN2O3. The van der Waals surface area contributed by atoms with Gasteiger partial charge in [-0.05, 0) is 46.6 Å². The van der Waals surface area contributed by atoms with Crippen molar-refractivity contribution >= 4 is 18.4 Å². The second kappa shape index (κ2) is 7.20. The van der Waals surface area contributed by atoms with Gasteiger partial charge >= 0.3 is 7.12 Å². The van der Waals surface area contributed by atoms with E-state index in [0.717, 1.165) is 5.82 Å². The topological polar surface area (TPSA) is 74.6 Å². The third-order valence-electron chi connectivity index (χ3n) is 4.91. The van der Waals surface area contributed by atoms with Crippen LogP contribution in [0.4, 0.5) is 5.82 Å². The Balaban J connectivity index is 1.95. The fourth-order valence-electron chi connectivity index (χ4n) is 2.58. The SMILES string of the molecule is CC(C)(O)C(C)(C)OB(O)c1ccc(NC2CCCCC2)nc1. The summed E-state index contributed by atoms with van der Waals surface area (Å²) in [5, 5.41) is 23.8. The minimum Gasteiger partial charge on any atom is -0.423 e.